The molecule has 0 saturated carbocycles. The third kappa shape index (κ3) is 4.40. The summed E-state index contributed by atoms with van der Waals surface area (Å²) in [5.41, 5.74) is 12.8. The Bertz CT molecular complexity index is 3040. The Morgan fingerprint density at radius 3 is 1.89 bits per heavy atom. The fourth-order valence-corrected chi connectivity index (χ4v) is 8.53. The number of rotatable bonds is 4. The molecule has 250 valence electrons. The van der Waals surface area contributed by atoms with E-state index < -0.39 is 0 Å². The topological polar surface area (TPSA) is 56.7 Å². The quantitative estimate of drug-likeness (QED) is 0.186. The zero-order chi connectivity index (χ0) is 35.3. The molecule has 0 aliphatic heterocycles. The van der Waals surface area contributed by atoms with Crippen molar-refractivity contribution < 1.29 is 4.42 Å². The Morgan fingerprint density at radius 2 is 1.09 bits per heavy atom. The van der Waals surface area contributed by atoms with Gasteiger partial charge in [-0.25, -0.2) is 15.0 Å². The van der Waals surface area contributed by atoms with Gasteiger partial charge >= 0.3 is 0 Å². The lowest BCUT2D eigenvalue weighted by Gasteiger charge is -2.21. The first-order valence-corrected chi connectivity index (χ1v) is 18.0. The molecule has 0 N–H and O–H groups in total. The van der Waals surface area contributed by atoms with Crippen molar-refractivity contribution in [1.29, 1.82) is 0 Å². The Kier molecular flexibility index (Phi) is 6.23. The van der Waals surface area contributed by atoms with Gasteiger partial charge in [0.25, 0.3) is 0 Å². The molecule has 3 heterocycles. The van der Waals surface area contributed by atoms with Crippen LogP contribution in [0.4, 0.5) is 0 Å². The van der Waals surface area contributed by atoms with Crippen LogP contribution in [0.1, 0.15) is 25.0 Å². The maximum absolute atomic E-state index is 6.63. The highest BCUT2D eigenvalue weighted by molar-refractivity contribution is 6.13. The number of para-hydroxylation sites is 2. The summed E-state index contributed by atoms with van der Waals surface area (Å²) in [6.45, 7) is 4.60. The van der Waals surface area contributed by atoms with Gasteiger partial charge in [0.2, 0.25) is 0 Å². The van der Waals surface area contributed by atoms with E-state index in [-0.39, 0.29) is 5.41 Å². The number of hydrogen-bond acceptors (Lipinski definition) is 4. The molecule has 11 rings (SSSR count). The summed E-state index contributed by atoms with van der Waals surface area (Å²) in [5, 5.41) is 4.45. The predicted octanol–water partition coefficient (Wildman–Crippen LogP) is 12.2. The van der Waals surface area contributed by atoms with E-state index in [0.29, 0.717) is 17.5 Å². The first-order valence-electron chi connectivity index (χ1n) is 18.0. The largest absolute Gasteiger partial charge is 0.456 e. The van der Waals surface area contributed by atoms with Crippen LogP contribution in [0.15, 0.2) is 162 Å². The van der Waals surface area contributed by atoms with Crippen molar-refractivity contribution in [1.82, 2.24) is 19.5 Å². The minimum absolute atomic E-state index is 0.139. The molecule has 5 nitrogen and oxygen atoms in total. The van der Waals surface area contributed by atoms with Crippen LogP contribution in [0.25, 0.3) is 94.7 Å². The van der Waals surface area contributed by atoms with Crippen LogP contribution < -0.4 is 0 Å². The molecule has 3 aromatic heterocycles. The van der Waals surface area contributed by atoms with Gasteiger partial charge in [0, 0.05) is 55.4 Å². The second-order valence-electron chi connectivity index (χ2n) is 14.4. The number of nitrogens with zero attached hydrogens (tertiary/aromatic N) is 4. The molecule has 10 aromatic rings. The summed E-state index contributed by atoms with van der Waals surface area (Å²) in [4.78, 5) is 15.4. The lowest BCUT2D eigenvalue weighted by Crippen LogP contribution is -2.15. The van der Waals surface area contributed by atoms with Crippen LogP contribution in [0.2, 0.25) is 0 Å². The van der Waals surface area contributed by atoms with Gasteiger partial charge in [0.1, 0.15) is 11.2 Å². The second kappa shape index (κ2) is 11.1. The van der Waals surface area contributed by atoms with E-state index in [2.05, 4.69) is 146 Å². The molecule has 0 unspecified atom stereocenters. The van der Waals surface area contributed by atoms with Gasteiger partial charge < -0.3 is 8.98 Å². The van der Waals surface area contributed by atoms with Crippen LogP contribution in [0, 0.1) is 0 Å². The van der Waals surface area contributed by atoms with Crippen molar-refractivity contribution in [3.8, 4) is 51.0 Å². The van der Waals surface area contributed by atoms with Gasteiger partial charge in [0.05, 0.1) is 11.0 Å². The maximum Gasteiger partial charge on any atom is 0.164 e. The molecule has 0 saturated heterocycles. The van der Waals surface area contributed by atoms with Gasteiger partial charge in [-0.15, -0.1) is 0 Å². The normalized spacial score (nSPS) is 13.2. The van der Waals surface area contributed by atoms with E-state index >= 15 is 0 Å². The van der Waals surface area contributed by atoms with Crippen molar-refractivity contribution in [3.63, 3.8) is 0 Å². The Morgan fingerprint density at radius 1 is 0.453 bits per heavy atom. The molecule has 5 heteroatoms. The molecule has 7 aromatic carbocycles. The third-order valence-corrected chi connectivity index (χ3v) is 11.1. The molecule has 0 atom stereocenters. The van der Waals surface area contributed by atoms with Crippen LogP contribution in [0.3, 0.4) is 0 Å². The van der Waals surface area contributed by atoms with Crippen LogP contribution in [-0.4, -0.2) is 19.5 Å². The summed E-state index contributed by atoms with van der Waals surface area (Å²) >= 11 is 0. The van der Waals surface area contributed by atoms with E-state index in [9.17, 15) is 0 Å². The predicted molar refractivity (Wildman–Crippen MR) is 215 cm³/mol. The van der Waals surface area contributed by atoms with Gasteiger partial charge in [0.15, 0.2) is 17.5 Å². The highest BCUT2D eigenvalue weighted by Crippen LogP contribution is 2.49. The van der Waals surface area contributed by atoms with Gasteiger partial charge in [-0.3, -0.25) is 0 Å². The minimum atomic E-state index is -0.139. The Labute approximate surface area is 305 Å². The van der Waals surface area contributed by atoms with Crippen molar-refractivity contribution in [2.45, 2.75) is 19.3 Å². The van der Waals surface area contributed by atoms with Crippen molar-refractivity contribution in [2.24, 2.45) is 0 Å². The molecular weight excluding hydrogens is 649 g/mol. The fourth-order valence-electron chi connectivity index (χ4n) is 8.53. The average molecular weight is 681 g/mol. The fraction of sp³-hybridized carbons (Fsp3) is 0.0625. The monoisotopic (exact) mass is 680 g/mol. The first kappa shape index (κ1) is 29.8. The maximum atomic E-state index is 6.63. The molecule has 1 aliphatic carbocycles. The number of fused-ring (bicyclic) bond motifs is 9. The summed E-state index contributed by atoms with van der Waals surface area (Å²) in [6, 6.07) is 55.3. The van der Waals surface area contributed by atoms with E-state index in [0.717, 1.165) is 55.3 Å². The number of benzene rings is 7. The highest BCUT2D eigenvalue weighted by Gasteiger charge is 2.35. The van der Waals surface area contributed by atoms with Crippen molar-refractivity contribution >= 4 is 43.7 Å². The average Bonchev–Trinajstić information content (AvgIpc) is 3.83. The van der Waals surface area contributed by atoms with E-state index in [1.54, 1.807) is 0 Å². The SMILES string of the molecule is CC1(C)c2ccccc2-c2ccc(-c3nc(-c4ccccc4)nc(-c4cccc5oc6cc(-n7c8ccccc8c8ccccc87)ccc6c45)n3)cc21. The van der Waals surface area contributed by atoms with Gasteiger partial charge in [-0.2, -0.15) is 0 Å². The molecule has 0 bridgehead atoms. The summed E-state index contributed by atoms with van der Waals surface area (Å²) < 4.78 is 8.95. The van der Waals surface area contributed by atoms with Gasteiger partial charge in [-0.05, 0) is 58.7 Å². The van der Waals surface area contributed by atoms with Crippen molar-refractivity contribution in [3.05, 3.63) is 169 Å². The number of aromatic nitrogens is 4. The summed E-state index contributed by atoms with van der Waals surface area (Å²) in [7, 11) is 0. The standard InChI is InChI=1S/C48H32N4O/c1-48(2)38-19-9-6-15-32(38)33-25-23-30(27-39(33)48)46-49-45(29-13-4-3-5-14-29)50-47(51-46)37-18-12-22-42-44(37)36-26-24-31(28-43(36)53-42)52-40-20-10-7-16-34(40)35-17-8-11-21-41(35)52/h3-28H,1-2H3. The summed E-state index contributed by atoms with van der Waals surface area (Å²) in [5.74, 6) is 1.88. The lowest BCUT2D eigenvalue weighted by atomic mass is 9.82. The number of furan rings is 1. The van der Waals surface area contributed by atoms with Crippen LogP contribution in [0.5, 0.6) is 0 Å². The zero-order valence-electron chi connectivity index (χ0n) is 29.2. The van der Waals surface area contributed by atoms with E-state index in [1.807, 2.05) is 30.3 Å². The molecule has 0 radical (unpaired) electrons. The highest BCUT2D eigenvalue weighted by atomic mass is 16.3. The molecule has 0 fully saturated rings. The lowest BCUT2D eigenvalue weighted by molar-refractivity contribution is 0.660. The third-order valence-electron chi connectivity index (χ3n) is 11.1. The van der Waals surface area contributed by atoms with Crippen LogP contribution in [-0.2, 0) is 5.41 Å². The first-order chi connectivity index (χ1) is 26.0. The second-order valence-corrected chi connectivity index (χ2v) is 14.4. The molecule has 53 heavy (non-hydrogen) atoms. The van der Waals surface area contributed by atoms with Crippen molar-refractivity contribution in [2.75, 3.05) is 0 Å². The number of hydrogen-bond donors (Lipinski definition) is 0. The molecule has 0 spiro atoms. The summed E-state index contributed by atoms with van der Waals surface area (Å²) in [6.07, 6.45) is 0. The molecule has 0 amide bonds. The smallest absolute Gasteiger partial charge is 0.164 e. The molecular formula is C48H32N4O. The van der Waals surface area contributed by atoms with E-state index in [1.165, 1.54) is 33.0 Å². The van der Waals surface area contributed by atoms with Crippen LogP contribution >= 0.6 is 0 Å². The Balaban J connectivity index is 1.10. The van der Waals surface area contributed by atoms with Gasteiger partial charge in [-0.1, -0.05) is 129 Å². The Hall–Kier alpha value is -6.85. The zero-order valence-corrected chi connectivity index (χ0v) is 29.2. The minimum Gasteiger partial charge on any atom is -0.456 e. The van der Waals surface area contributed by atoms with E-state index in [4.69, 9.17) is 19.4 Å². The molecule has 1 aliphatic rings.